The Morgan fingerprint density at radius 2 is 1.65 bits per heavy atom. The molecular formula is C12H13N3O2. The molecule has 0 radical (unpaired) electrons. The summed E-state index contributed by atoms with van der Waals surface area (Å²) in [6.45, 7) is 3.66. The van der Waals surface area contributed by atoms with E-state index in [-0.39, 0.29) is 0 Å². The van der Waals surface area contributed by atoms with Gasteiger partial charge < -0.3 is 10.3 Å². The van der Waals surface area contributed by atoms with Crippen LogP contribution in [-0.2, 0) is 0 Å². The smallest absolute Gasteiger partial charge is 0.326 e. The summed E-state index contributed by atoms with van der Waals surface area (Å²) >= 11 is 0. The van der Waals surface area contributed by atoms with Gasteiger partial charge in [0, 0.05) is 11.4 Å². The number of aromatic amines is 2. The lowest BCUT2D eigenvalue weighted by molar-refractivity contribution is 0.998. The van der Waals surface area contributed by atoms with Crippen LogP contribution in [0.5, 0.6) is 0 Å². The van der Waals surface area contributed by atoms with Gasteiger partial charge in [0.15, 0.2) is 0 Å². The van der Waals surface area contributed by atoms with E-state index in [2.05, 4.69) is 15.3 Å². The van der Waals surface area contributed by atoms with Gasteiger partial charge in [-0.3, -0.25) is 9.78 Å². The van der Waals surface area contributed by atoms with Gasteiger partial charge in [0.25, 0.3) is 5.56 Å². The van der Waals surface area contributed by atoms with E-state index in [9.17, 15) is 9.59 Å². The van der Waals surface area contributed by atoms with Crippen molar-refractivity contribution in [2.45, 2.75) is 13.8 Å². The van der Waals surface area contributed by atoms with Crippen molar-refractivity contribution in [2.24, 2.45) is 0 Å². The van der Waals surface area contributed by atoms with Crippen molar-refractivity contribution in [3.05, 3.63) is 56.4 Å². The second-order valence-electron chi connectivity index (χ2n) is 3.90. The SMILES string of the molecule is Cc1ccc(Nc2c(C)[nH]c(=O)[nH]c2=O)cc1. The van der Waals surface area contributed by atoms with Gasteiger partial charge in [-0.1, -0.05) is 17.7 Å². The van der Waals surface area contributed by atoms with Crippen molar-refractivity contribution in [2.75, 3.05) is 5.32 Å². The zero-order chi connectivity index (χ0) is 12.4. The fourth-order valence-electron chi connectivity index (χ4n) is 1.53. The molecule has 0 saturated carbocycles. The molecule has 17 heavy (non-hydrogen) atoms. The molecule has 0 atom stereocenters. The maximum absolute atomic E-state index is 11.6. The van der Waals surface area contributed by atoms with Crippen LogP contribution in [0.4, 0.5) is 11.4 Å². The Bertz CT molecular complexity index is 638. The third-order valence-electron chi connectivity index (χ3n) is 2.45. The molecule has 0 spiro atoms. The number of hydrogen-bond acceptors (Lipinski definition) is 3. The number of hydrogen-bond donors (Lipinski definition) is 3. The predicted octanol–water partition coefficient (Wildman–Crippen LogP) is 1.42. The molecule has 1 aromatic heterocycles. The van der Waals surface area contributed by atoms with Crippen LogP contribution in [0.25, 0.3) is 0 Å². The van der Waals surface area contributed by atoms with Gasteiger partial charge in [0.1, 0.15) is 5.69 Å². The minimum Gasteiger partial charge on any atom is -0.350 e. The van der Waals surface area contributed by atoms with Gasteiger partial charge in [0.05, 0.1) is 0 Å². The van der Waals surface area contributed by atoms with Crippen molar-refractivity contribution < 1.29 is 0 Å². The Balaban J connectivity index is 2.40. The number of aryl methyl sites for hydroxylation is 2. The molecule has 0 saturated heterocycles. The summed E-state index contributed by atoms with van der Waals surface area (Å²) in [4.78, 5) is 27.3. The Kier molecular flexibility index (Phi) is 2.82. The summed E-state index contributed by atoms with van der Waals surface area (Å²) in [5.74, 6) is 0. The van der Waals surface area contributed by atoms with Crippen molar-refractivity contribution in [3.63, 3.8) is 0 Å². The van der Waals surface area contributed by atoms with Crippen LogP contribution in [0.3, 0.4) is 0 Å². The average molecular weight is 231 g/mol. The summed E-state index contributed by atoms with van der Waals surface area (Å²) in [5, 5.41) is 2.98. The van der Waals surface area contributed by atoms with Gasteiger partial charge in [-0.25, -0.2) is 4.79 Å². The standard InChI is InChI=1S/C12H13N3O2/c1-7-3-5-9(6-4-7)14-10-8(2)13-12(17)15-11(10)16/h3-6,14H,1-2H3,(H2,13,15,16,17). The van der Waals surface area contributed by atoms with Gasteiger partial charge in [-0.2, -0.15) is 0 Å². The van der Waals surface area contributed by atoms with Crippen molar-refractivity contribution in [1.29, 1.82) is 0 Å². The summed E-state index contributed by atoms with van der Waals surface area (Å²) < 4.78 is 0. The average Bonchev–Trinajstić information content (AvgIpc) is 2.26. The first-order valence-electron chi connectivity index (χ1n) is 5.23. The molecule has 0 aliphatic carbocycles. The zero-order valence-electron chi connectivity index (χ0n) is 9.63. The molecule has 5 nitrogen and oxygen atoms in total. The van der Waals surface area contributed by atoms with Crippen LogP contribution >= 0.6 is 0 Å². The molecule has 0 unspecified atom stereocenters. The van der Waals surface area contributed by atoms with Gasteiger partial charge in [-0.05, 0) is 26.0 Å². The minimum absolute atomic E-state index is 0.355. The molecule has 0 bridgehead atoms. The highest BCUT2D eigenvalue weighted by atomic mass is 16.2. The summed E-state index contributed by atoms with van der Waals surface area (Å²) in [6, 6.07) is 7.63. The van der Waals surface area contributed by atoms with Gasteiger partial charge in [-0.15, -0.1) is 0 Å². The monoisotopic (exact) mass is 231 g/mol. The number of aromatic nitrogens is 2. The van der Waals surface area contributed by atoms with Crippen LogP contribution < -0.4 is 16.6 Å². The largest absolute Gasteiger partial charge is 0.350 e. The van der Waals surface area contributed by atoms with Crippen LogP contribution in [0.1, 0.15) is 11.3 Å². The molecule has 3 N–H and O–H groups in total. The molecule has 1 heterocycles. The first-order valence-corrected chi connectivity index (χ1v) is 5.23. The van der Waals surface area contributed by atoms with E-state index in [1.165, 1.54) is 0 Å². The van der Waals surface area contributed by atoms with Crippen molar-refractivity contribution in [3.8, 4) is 0 Å². The van der Waals surface area contributed by atoms with E-state index in [0.29, 0.717) is 11.4 Å². The van der Waals surface area contributed by atoms with Crippen LogP contribution in [0.2, 0.25) is 0 Å². The van der Waals surface area contributed by atoms with E-state index in [1.807, 2.05) is 31.2 Å². The zero-order valence-corrected chi connectivity index (χ0v) is 9.63. The van der Waals surface area contributed by atoms with E-state index in [4.69, 9.17) is 0 Å². The number of nitrogens with one attached hydrogen (secondary N) is 3. The number of rotatable bonds is 2. The van der Waals surface area contributed by atoms with Gasteiger partial charge >= 0.3 is 5.69 Å². The summed E-state index contributed by atoms with van der Waals surface area (Å²) in [6.07, 6.45) is 0. The highest BCUT2D eigenvalue weighted by molar-refractivity contribution is 5.60. The molecule has 5 heteroatoms. The summed E-state index contributed by atoms with van der Waals surface area (Å²) in [7, 11) is 0. The number of H-pyrrole nitrogens is 2. The van der Waals surface area contributed by atoms with Crippen LogP contribution in [0, 0.1) is 13.8 Å². The lowest BCUT2D eigenvalue weighted by Gasteiger charge is -2.07. The van der Waals surface area contributed by atoms with Crippen LogP contribution in [-0.4, -0.2) is 9.97 Å². The maximum Gasteiger partial charge on any atom is 0.326 e. The summed E-state index contributed by atoms with van der Waals surface area (Å²) in [5.41, 5.74) is 1.89. The minimum atomic E-state index is -0.498. The highest BCUT2D eigenvalue weighted by Gasteiger charge is 2.05. The van der Waals surface area contributed by atoms with E-state index >= 15 is 0 Å². The second kappa shape index (κ2) is 4.29. The van der Waals surface area contributed by atoms with E-state index in [0.717, 1.165) is 11.3 Å². The van der Waals surface area contributed by atoms with E-state index in [1.54, 1.807) is 6.92 Å². The third kappa shape index (κ3) is 2.44. The molecule has 2 rings (SSSR count). The molecule has 0 aliphatic heterocycles. The molecule has 0 amide bonds. The maximum atomic E-state index is 11.6. The second-order valence-corrected chi connectivity index (χ2v) is 3.90. The van der Waals surface area contributed by atoms with E-state index < -0.39 is 11.2 Å². The normalized spacial score (nSPS) is 10.2. The first kappa shape index (κ1) is 11.2. The fourth-order valence-corrected chi connectivity index (χ4v) is 1.53. The molecule has 0 fully saturated rings. The third-order valence-corrected chi connectivity index (χ3v) is 2.45. The lowest BCUT2D eigenvalue weighted by Crippen LogP contribution is -2.25. The Morgan fingerprint density at radius 1 is 1.00 bits per heavy atom. The predicted molar refractivity (Wildman–Crippen MR) is 66.9 cm³/mol. The quantitative estimate of drug-likeness (QED) is 0.731. The number of benzene rings is 1. The van der Waals surface area contributed by atoms with Crippen LogP contribution in [0.15, 0.2) is 33.9 Å². The van der Waals surface area contributed by atoms with Crippen molar-refractivity contribution >= 4 is 11.4 Å². The first-order chi connectivity index (χ1) is 8.06. The highest BCUT2D eigenvalue weighted by Crippen LogP contribution is 2.14. The lowest BCUT2D eigenvalue weighted by atomic mass is 10.2. The molecule has 2 aromatic rings. The fraction of sp³-hybridized carbons (Fsp3) is 0.167. The Hall–Kier alpha value is -2.30. The van der Waals surface area contributed by atoms with Crippen molar-refractivity contribution in [1.82, 2.24) is 9.97 Å². The Labute approximate surface area is 97.5 Å². The molecular weight excluding hydrogens is 218 g/mol. The number of anilines is 2. The molecule has 88 valence electrons. The van der Waals surface area contributed by atoms with Gasteiger partial charge in [0.2, 0.25) is 0 Å². The molecule has 0 aliphatic rings. The Morgan fingerprint density at radius 3 is 2.24 bits per heavy atom. The topological polar surface area (TPSA) is 77.8 Å². The molecule has 1 aromatic carbocycles.